The fourth-order valence-electron chi connectivity index (χ4n) is 1.30. The second-order valence-electron chi connectivity index (χ2n) is 2.93. The van der Waals surface area contributed by atoms with Crippen LogP contribution in [0.15, 0.2) is 6.20 Å². The maximum absolute atomic E-state index is 4.10. The van der Waals surface area contributed by atoms with Gasteiger partial charge in [-0.05, 0) is 31.9 Å². The average molecular weight is 149 g/mol. The maximum Gasteiger partial charge on any atom is 0.135 e. The number of fused-ring (bicyclic) bond motifs is 1. The van der Waals surface area contributed by atoms with Crippen molar-refractivity contribution in [3.8, 4) is 0 Å². The lowest BCUT2D eigenvalue weighted by molar-refractivity contribution is 1.00. The van der Waals surface area contributed by atoms with E-state index in [0.717, 1.165) is 11.5 Å². The highest BCUT2D eigenvalue weighted by Crippen LogP contribution is 2.14. The van der Waals surface area contributed by atoms with Crippen molar-refractivity contribution >= 4 is 5.65 Å². The normalized spacial score (nSPS) is 11.2. The average Bonchev–Trinajstić information content (AvgIpc) is 2.43. The van der Waals surface area contributed by atoms with E-state index in [4.69, 9.17) is 0 Å². The minimum atomic E-state index is 1.01. The molecule has 0 saturated heterocycles. The lowest BCUT2D eigenvalue weighted by atomic mass is 10.2. The van der Waals surface area contributed by atoms with Crippen LogP contribution in [0.3, 0.4) is 0 Å². The van der Waals surface area contributed by atoms with Gasteiger partial charge in [0.2, 0.25) is 0 Å². The number of aromatic amines is 1. The molecular weight excluding hydrogens is 138 g/mol. The van der Waals surface area contributed by atoms with Crippen molar-refractivity contribution < 1.29 is 0 Å². The number of aromatic nitrogens is 3. The summed E-state index contributed by atoms with van der Waals surface area (Å²) in [5, 5.41) is 7.09. The van der Waals surface area contributed by atoms with E-state index in [1.54, 1.807) is 0 Å². The molecule has 0 atom stereocenters. The van der Waals surface area contributed by atoms with Gasteiger partial charge in [0, 0.05) is 6.20 Å². The standard InChI is InChI=1S/C8H11N3/c1-5-4-11-7(3)9-10-8(11)6(5)2/h4,10H,1-3H3. The Labute approximate surface area is 65.0 Å². The molecule has 0 aliphatic rings. The summed E-state index contributed by atoms with van der Waals surface area (Å²) in [5.74, 6) is 1.01. The monoisotopic (exact) mass is 149 g/mol. The quantitative estimate of drug-likeness (QED) is 0.606. The first-order chi connectivity index (χ1) is 5.20. The third-order valence-corrected chi connectivity index (χ3v) is 2.18. The summed E-state index contributed by atoms with van der Waals surface area (Å²) >= 11 is 0. The van der Waals surface area contributed by atoms with Crippen molar-refractivity contribution in [2.45, 2.75) is 20.8 Å². The number of nitrogens with zero attached hydrogens (tertiary/aromatic N) is 2. The van der Waals surface area contributed by atoms with E-state index in [0.29, 0.717) is 0 Å². The summed E-state index contributed by atoms with van der Waals surface area (Å²) in [6, 6.07) is 0. The first-order valence-electron chi connectivity index (χ1n) is 3.69. The third-order valence-electron chi connectivity index (χ3n) is 2.18. The highest BCUT2D eigenvalue weighted by Gasteiger charge is 2.05. The summed E-state index contributed by atoms with van der Waals surface area (Å²) in [4.78, 5) is 0. The predicted octanol–water partition coefficient (Wildman–Crippen LogP) is 1.59. The first-order valence-corrected chi connectivity index (χ1v) is 3.69. The minimum absolute atomic E-state index is 1.01. The Kier molecular flexibility index (Phi) is 1.10. The van der Waals surface area contributed by atoms with Crippen molar-refractivity contribution in [2.75, 3.05) is 0 Å². The van der Waals surface area contributed by atoms with Crippen LogP contribution in [0, 0.1) is 20.8 Å². The zero-order valence-corrected chi connectivity index (χ0v) is 6.97. The molecule has 0 bridgehead atoms. The van der Waals surface area contributed by atoms with Gasteiger partial charge in [0.05, 0.1) is 0 Å². The Bertz CT molecular complexity index is 395. The molecule has 2 aromatic rings. The Morgan fingerprint density at radius 1 is 1.36 bits per heavy atom. The summed E-state index contributed by atoms with van der Waals surface area (Å²) in [5.41, 5.74) is 3.70. The van der Waals surface area contributed by atoms with Crippen LogP contribution in [0.5, 0.6) is 0 Å². The molecule has 3 nitrogen and oxygen atoms in total. The first kappa shape index (κ1) is 6.46. The van der Waals surface area contributed by atoms with E-state index in [1.165, 1.54) is 11.1 Å². The van der Waals surface area contributed by atoms with Gasteiger partial charge >= 0.3 is 0 Å². The van der Waals surface area contributed by atoms with E-state index in [2.05, 4.69) is 34.6 Å². The molecule has 0 aliphatic heterocycles. The number of hydrogen-bond acceptors (Lipinski definition) is 1. The number of rotatable bonds is 0. The smallest absolute Gasteiger partial charge is 0.135 e. The molecule has 0 aliphatic carbocycles. The van der Waals surface area contributed by atoms with Crippen LogP contribution in [0.4, 0.5) is 0 Å². The van der Waals surface area contributed by atoms with Crippen molar-refractivity contribution in [2.24, 2.45) is 0 Å². The molecule has 2 heterocycles. The van der Waals surface area contributed by atoms with E-state index in [-0.39, 0.29) is 0 Å². The Morgan fingerprint density at radius 2 is 2.09 bits per heavy atom. The lowest BCUT2D eigenvalue weighted by Crippen LogP contribution is -1.80. The summed E-state index contributed by atoms with van der Waals surface area (Å²) in [6.45, 7) is 6.19. The van der Waals surface area contributed by atoms with Crippen molar-refractivity contribution in [1.82, 2.24) is 14.6 Å². The van der Waals surface area contributed by atoms with E-state index >= 15 is 0 Å². The fourth-order valence-corrected chi connectivity index (χ4v) is 1.30. The van der Waals surface area contributed by atoms with Crippen LogP contribution in [0.25, 0.3) is 5.65 Å². The SMILES string of the molecule is Cc1cn2c(C)n[nH]c2c1C. The van der Waals surface area contributed by atoms with Crippen LogP contribution in [-0.2, 0) is 0 Å². The van der Waals surface area contributed by atoms with E-state index in [1.807, 2.05) is 6.92 Å². The molecule has 2 aromatic heterocycles. The Balaban J connectivity index is 2.93. The fraction of sp³-hybridized carbons (Fsp3) is 0.375. The van der Waals surface area contributed by atoms with Crippen LogP contribution in [0.2, 0.25) is 0 Å². The molecule has 0 unspecified atom stereocenters. The zero-order chi connectivity index (χ0) is 8.01. The van der Waals surface area contributed by atoms with Gasteiger partial charge in [-0.25, -0.2) is 0 Å². The molecule has 0 radical (unpaired) electrons. The van der Waals surface area contributed by atoms with E-state index < -0.39 is 0 Å². The Morgan fingerprint density at radius 3 is 2.73 bits per heavy atom. The summed E-state index contributed by atoms with van der Waals surface area (Å²) < 4.78 is 2.07. The highest BCUT2D eigenvalue weighted by atomic mass is 15.2. The zero-order valence-electron chi connectivity index (χ0n) is 6.97. The summed E-state index contributed by atoms with van der Waals surface area (Å²) in [6.07, 6.45) is 2.10. The molecule has 11 heavy (non-hydrogen) atoms. The van der Waals surface area contributed by atoms with Crippen LogP contribution in [-0.4, -0.2) is 14.6 Å². The molecule has 0 aromatic carbocycles. The molecule has 0 spiro atoms. The summed E-state index contributed by atoms with van der Waals surface area (Å²) in [7, 11) is 0. The minimum Gasteiger partial charge on any atom is -0.288 e. The molecule has 1 N–H and O–H groups in total. The molecular formula is C8H11N3. The van der Waals surface area contributed by atoms with Gasteiger partial charge in [-0.3, -0.25) is 9.50 Å². The molecule has 0 saturated carbocycles. The molecule has 0 amide bonds. The topological polar surface area (TPSA) is 33.1 Å². The van der Waals surface area contributed by atoms with Gasteiger partial charge in [0.1, 0.15) is 11.5 Å². The highest BCUT2D eigenvalue weighted by molar-refractivity contribution is 5.52. The van der Waals surface area contributed by atoms with Gasteiger partial charge in [-0.15, -0.1) is 0 Å². The Hall–Kier alpha value is -1.25. The van der Waals surface area contributed by atoms with Gasteiger partial charge in [-0.1, -0.05) is 0 Å². The van der Waals surface area contributed by atoms with Crippen molar-refractivity contribution in [1.29, 1.82) is 0 Å². The number of H-pyrrole nitrogens is 1. The van der Waals surface area contributed by atoms with Gasteiger partial charge in [-0.2, -0.15) is 5.10 Å². The molecule has 0 fully saturated rings. The maximum atomic E-state index is 4.10. The lowest BCUT2D eigenvalue weighted by Gasteiger charge is -1.83. The van der Waals surface area contributed by atoms with Gasteiger partial charge < -0.3 is 0 Å². The van der Waals surface area contributed by atoms with Gasteiger partial charge in [0.15, 0.2) is 0 Å². The second kappa shape index (κ2) is 1.87. The molecule has 2 rings (SSSR count). The van der Waals surface area contributed by atoms with E-state index in [9.17, 15) is 0 Å². The largest absolute Gasteiger partial charge is 0.288 e. The third kappa shape index (κ3) is 0.707. The second-order valence-corrected chi connectivity index (χ2v) is 2.93. The van der Waals surface area contributed by atoms with Crippen molar-refractivity contribution in [3.63, 3.8) is 0 Å². The number of hydrogen-bond donors (Lipinski definition) is 1. The van der Waals surface area contributed by atoms with Crippen molar-refractivity contribution in [3.05, 3.63) is 23.1 Å². The molecule has 58 valence electrons. The molecule has 3 heteroatoms. The van der Waals surface area contributed by atoms with Gasteiger partial charge in [0.25, 0.3) is 0 Å². The number of nitrogens with one attached hydrogen (secondary N) is 1. The van der Waals surface area contributed by atoms with Crippen LogP contribution < -0.4 is 0 Å². The van der Waals surface area contributed by atoms with Crippen LogP contribution in [0.1, 0.15) is 17.0 Å². The van der Waals surface area contributed by atoms with Crippen LogP contribution >= 0.6 is 0 Å². The number of aryl methyl sites for hydroxylation is 3. The predicted molar refractivity (Wildman–Crippen MR) is 43.8 cm³/mol.